The number of nitrogens with one attached hydrogen (secondary N) is 1. The van der Waals surface area contributed by atoms with E-state index in [2.05, 4.69) is 5.32 Å². The number of piperidine rings is 1. The number of rotatable bonds is 8. The Morgan fingerprint density at radius 3 is 2.48 bits per heavy atom. The molecule has 1 aliphatic heterocycles. The highest BCUT2D eigenvalue weighted by Crippen LogP contribution is 2.22. The smallest absolute Gasteiger partial charge is 0.224 e. The second-order valence-electron chi connectivity index (χ2n) is 6.60. The first-order valence-electron chi connectivity index (χ1n) is 9.11. The highest BCUT2D eigenvalue weighted by Gasteiger charge is 2.26. The van der Waals surface area contributed by atoms with Crippen LogP contribution in [0.4, 0.5) is 0 Å². The average molecular weight is 418 g/mol. The zero-order valence-corrected chi connectivity index (χ0v) is 17.2. The third-order valence-electron chi connectivity index (χ3n) is 4.53. The number of likely N-dealkylation sites (tertiary alicyclic amines) is 1. The van der Waals surface area contributed by atoms with Gasteiger partial charge in [-0.1, -0.05) is 23.7 Å². The van der Waals surface area contributed by atoms with Crippen LogP contribution in [0, 0.1) is 0 Å². The molecule has 3 N–H and O–H groups in total. The summed E-state index contributed by atoms with van der Waals surface area (Å²) in [5.41, 5.74) is 6.35. The lowest BCUT2D eigenvalue weighted by molar-refractivity contribution is -0.134. The van der Waals surface area contributed by atoms with E-state index in [1.165, 1.54) is 6.92 Å². The molecule has 2 rings (SSSR count). The monoisotopic (exact) mass is 417 g/mol. The number of benzene rings is 1. The summed E-state index contributed by atoms with van der Waals surface area (Å²) in [4.78, 5) is 26.1. The molecule has 0 radical (unpaired) electrons. The maximum atomic E-state index is 12.7. The molecule has 27 heavy (non-hydrogen) atoms. The number of nitrogens with zero attached hydrogens (tertiary/aromatic N) is 1. The van der Waals surface area contributed by atoms with Crippen molar-refractivity contribution in [1.82, 2.24) is 10.2 Å². The molecule has 1 atom stereocenters. The molecule has 1 fully saturated rings. The van der Waals surface area contributed by atoms with Crippen LogP contribution in [0.15, 0.2) is 24.3 Å². The molecule has 2 amide bonds. The molecule has 1 unspecified atom stereocenters. The van der Waals surface area contributed by atoms with Crippen LogP contribution in [0.1, 0.15) is 44.2 Å². The van der Waals surface area contributed by atoms with Crippen LogP contribution in [-0.2, 0) is 14.3 Å². The lowest BCUT2D eigenvalue weighted by Gasteiger charge is -2.33. The third kappa shape index (κ3) is 8.05. The molecular formula is C19H29Cl2N3O3. The maximum Gasteiger partial charge on any atom is 0.224 e. The topological polar surface area (TPSA) is 84.7 Å². The number of hydrogen-bond acceptors (Lipinski definition) is 4. The van der Waals surface area contributed by atoms with Crippen molar-refractivity contribution in [1.29, 1.82) is 0 Å². The highest BCUT2D eigenvalue weighted by atomic mass is 35.5. The van der Waals surface area contributed by atoms with Gasteiger partial charge in [-0.15, -0.1) is 12.4 Å². The van der Waals surface area contributed by atoms with Crippen molar-refractivity contribution in [3.8, 4) is 0 Å². The van der Waals surface area contributed by atoms with Crippen LogP contribution < -0.4 is 11.1 Å². The fraction of sp³-hybridized carbons (Fsp3) is 0.579. The molecule has 0 aromatic heterocycles. The van der Waals surface area contributed by atoms with Crippen LogP contribution in [0.3, 0.4) is 0 Å². The number of ether oxygens (including phenoxy) is 1. The number of carbonyl (C=O) groups is 2. The first kappa shape index (κ1) is 23.7. The SMILES string of the molecule is CC(=O)NC(CC(=O)N1CCC(OCCCN)CC1)c1ccc(Cl)cc1.Cl. The lowest BCUT2D eigenvalue weighted by atomic mass is 10.0. The normalized spacial score (nSPS) is 15.7. The van der Waals surface area contributed by atoms with E-state index in [-0.39, 0.29) is 42.8 Å². The summed E-state index contributed by atoms with van der Waals surface area (Å²) in [6.45, 7) is 4.12. The van der Waals surface area contributed by atoms with Gasteiger partial charge in [-0.3, -0.25) is 9.59 Å². The Balaban J connectivity index is 0.00000364. The summed E-state index contributed by atoms with van der Waals surface area (Å²) in [6, 6.07) is 6.86. The fourth-order valence-corrected chi connectivity index (χ4v) is 3.23. The second kappa shape index (κ2) is 12.2. The van der Waals surface area contributed by atoms with Crippen molar-refractivity contribution in [3.05, 3.63) is 34.9 Å². The Kier molecular flexibility index (Phi) is 10.7. The van der Waals surface area contributed by atoms with E-state index in [9.17, 15) is 9.59 Å². The largest absolute Gasteiger partial charge is 0.378 e. The van der Waals surface area contributed by atoms with Gasteiger partial charge in [0, 0.05) is 31.6 Å². The fourth-order valence-electron chi connectivity index (χ4n) is 3.10. The van der Waals surface area contributed by atoms with Crippen molar-refractivity contribution in [2.45, 2.75) is 44.8 Å². The van der Waals surface area contributed by atoms with Gasteiger partial charge in [0.25, 0.3) is 0 Å². The Morgan fingerprint density at radius 1 is 1.30 bits per heavy atom. The summed E-state index contributed by atoms with van der Waals surface area (Å²) in [7, 11) is 0. The Morgan fingerprint density at radius 2 is 1.93 bits per heavy atom. The van der Waals surface area contributed by atoms with Gasteiger partial charge in [-0.25, -0.2) is 0 Å². The van der Waals surface area contributed by atoms with E-state index in [0.717, 1.165) is 24.8 Å². The average Bonchev–Trinajstić information content (AvgIpc) is 2.62. The van der Waals surface area contributed by atoms with Crippen LogP contribution in [0.2, 0.25) is 5.02 Å². The van der Waals surface area contributed by atoms with Gasteiger partial charge in [-0.2, -0.15) is 0 Å². The van der Waals surface area contributed by atoms with Crippen molar-refractivity contribution < 1.29 is 14.3 Å². The molecule has 0 saturated carbocycles. The maximum absolute atomic E-state index is 12.7. The zero-order valence-electron chi connectivity index (χ0n) is 15.7. The molecule has 8 heteroatoms. The number of halogens is 2. The standard InChI is InChI=1S/C19H28ClN3O3.ClH/c1-14(24)22-18(15-3-5-16(20)6-4-15)13-19(25)23-10-7-17(8-11-23)26-12-2-9-21;/h3-6,17-18H,2,7-13,21H2,1H3,(H,22,24);1H. The van der Waals surface area contributed by atoms with Crippen molar-refractivity contribution in [2.24, 2.45) is 5.73 Å². The highest BCUT2D eigenvalue weighted by molar-refractivity contribution is 6.30. The van der Waals surface area contributed by atoms with E-state index in [1.807, 2.05) is 17.0 Å². The second-order valence-corrected chi connectivity index (χ2v) is 7.04. The Hall–Kier alpha value is -1.34. The summed E-state index contributed by atoms with van der Waals surface area (Å²) >= 11 is 5.93. The first-order chi connectivity index (χ1) is 12.5. The van der Waals surface area contributed by atoms with Gasteiger partial charge in [0.1, 0.15) is 0 Å². The van der Waals surface area contributed by atoms with Crippen molar-refractivity contribution in [2.75, 3.05) is 26.2 Å². The predicted molar refractivity (Wildman–Crippen MR) is 109 cm³/mol. The van der Waals surface area contributed by atoms with Crippen LogP contribution in [-0.4, -0.2) is 49.1 Å². The van der Waals surface area contributed by atoms with Crippen LogP contribution in [0.5, 0.6) is 0 Å². The molecule has 0 aliphatic carbocycles. The van der Waals surface area contributed by atoms with Gasteiger partial charge in [-0.05, 0) is 43.5 Å². The molecule has 1 aliphatic rings. The van der Waals surface area contributed by atoms with Crippen molar-refractivity contribution >= 4 is 35.8 Å². The Bertz CT molecular complexity index is 590. The van der Waals surface area contributed by atoms with E-state index in [1.54, 1.807) is 12.1 Å². The van der Waals surface area contributed by atoms with E-state index in [0.29, 0.717) is 31.3 Å². The molecule has 0 spiro atoms. The Labute approximate surface area is 172 Å². The van der Waals surface area contributed by atoms with E-state index in [4.69, 9.17) is 22.1 Å². The van der Waals surface area contributed by atoms with Gasteiger partial charge < -0.3 is 20.7 Å². The minimum atomic E-state index is -0.351. The molecule has 6 nitrogen and oxygen atoms in total. The molecule has 1 aromatic rings. The number of nitrogens with two attached hydrogens (primary N) is 1. The first-order valence-corrected chi connectivity index (χ1v) is 9.49. The van der Waals surface area contributed by atoms with Crippen LogP contribution >= 0.6 is 24.0 Å². The minimum absolute atomic E-state index is 0. The van der Waals surface area contributed by atoms with Gasteiger partial charge in [0.2, 0.25) is 11.8 Å². The van der Waals surface area contributed by atoms with Gasteiger partial charge in [0.15, 0.2) is 0 Å². The molecule has 1 aromatic carbocycles. The lowest BCUT2D eigenvalue weighted by Crippen LogP contribution is -2.42. The molecule has 0 bridgehead atoms. The quantitative estimate of drug-likeness (QED) is 0.636. The summed E-state index contributed by atoms with van der Waals surface area (Å²) in [5.74, 6) is -0.121. The number of amides is 2. The van der Waals surface area contributed by atoms with Crippen molar-refractivity contribution in [3.63, 3.8) is 0 Å². The predicted octanol–water partition coefficient (Wildman–Crippen LogP) is 2.69. The summed E-state index contributed by atoms with van der Waals surface area (Å²) < 4.78 is 5.78. The zero-order chi connectivity index (χ0) is 18.9. The van der Waals surface area contributed by atoms with E-state index >= 15 is 0 Å². The third-order valence-corrected chi connectivity index (χ3v) is 4.78. The van der Waals surface area contributed by atoms with Gasteiger partial charge in [0.05, 0.1) is 18.6 Å². The number of hydrogen-bond donors (Lipinski definition) is 2. The van der Waals surface area contributed by atoms with E-state index < -0.39 is 0 Å². The summed E-state index contributed by atoms with van der Waals surface area (Å²) in [6.07, 6.45) is 2.97. The molecule has 152 valence electrons. The molecule has 1 saturated heterocycles. The number of carbonyl (C=O) groups excluding carboxylic acids is 2. The minimum Gasteiger partial charge on any atom is -0.378 e. The van der Waals surface area contributed by atoms with Crippen LogP contribution in [0.25, 0.3) is 0 Å². The van der Waals surface area contributed by atoms with Gasteiger partial charge >= 0.3 is 0 Å². The molecule has 1 heterocycles. The molecular weight excluding hydrogens is 389 g/mol. The summed E-state index contributed by atoms with van der Waals surface area (Å²) in [5, 5.41) is 3.49.